The number of hydrogen-bond acceptors (Lipinski definition) is 6. The standard InChI is InChI=1S/C19H22N4OS3/c1-11-7-6-8-14(9-11)10-23-13(3)16(12(2)21-23)20-17(24)15-18(25-4)22-27-19(15)26-5/h6-9H,10H2,1-5H3,(H,20,24). The van der Waals surface area contributed by atoms with Crippen molar-refractivity contribution >= 4 is 46.7 Å². The zero-order chi connectivity index (χ0) is 19.6. The number of anilines is 1. The largest absolute Gasteiger partial charge is 0.319 e. The lowest BCUT2D eigenvalue weighted by Crippen LogP contribution is -2.14. The summed E-state index contributed by atoms with van der Waals surface area (Å²) in [5, 5.41) is 8.47. The Kier molecular flexibility index (Phi) is 6.29. The molecule has 3 rings (SSSR count). The lowest BCUT2D eigenvalue weighted by molar-refractivity contribution is 0.102. The highest BCUT2D eigenvalue weighted by atomic mass is 32.2. The van der Waals surface area contributed by atoms with E-state index in [4.69, 9.17) is 0 Å². The average Bonchev–Trinajstić information content (AvgIpc) is 3.18. The number of hydrogen-bond donors (Lipinski definition) is 1. The summed E-state index contributed by atoms with van der Waals surface area (Å²) < 4.78 is 7.26. The molecule has 0 aliphatic rings. The molecule has 3 aromatic rings. The molecule has 2 aromatic heterocycles. The van der Waals surface area contributed by atoms with Crippen LogP contribution in [0.15, 0.2) is 33.5 Å². The Bertz CT molecular complexity index is 956. The first-order valence-electron chi connectivity index (χ1n) is 8.43. The highest BCUT2D eigenvalue weighted by Crippen LogP contribution is 2.33. The van der Waals surface area contributed by atoms with Crippen LogP contribution in [0.4, 0.5) is 5.69 Å². The van der Waals surface area contributed by atoms with E-state index in [1.165, 1.54) is 34.4 Å². The van der Waals surface area contributed by atoms with Crippen LogP contribution in [0, 0.1) is 20.8 Å². The third-order valence-electron chi connectivity index (χ3n) is 4.27. The van der Waals surface area contributed by atoms with E-state index >= 15 is 0 Å². The molecule has 8 heteroatoms. The van der Waals surface area contributed by atoms with Gasteiger partial charge in [0.1, 0.15) is 5.03 Å². The maximum atomic E-state index is 12.9. The molecular formula is C19H22N4OS3. The third-order valence-corrected chi connectivity index (χ3v) is 7.01. The summed E-state index contributed by atoms with van der Waals surface area (Å²) in [6.45, 7) is 6.67. The first-order chi connectivity index (χ1) is 12.9. The molecule has 2 heterocycles. The monoisotopic (exact) mass is 418 g/mol. The van der Waals surface area contributed by atoms with Gasteiger partial charge in [0, 0.05) is 0 Å². The smallest absolute Gasteiger partial charge is 0.260 e. The van der Waals surface area contributed by atoms with Crippen molar-refractivity contribution in [1.82, 2.24) is 14.2 Å². The van der Waals surface area contributed by atoms with Crippen molar-refractivity contribution in [2.24, 2.45) is 0 Å². The Morgan fingerprint density at radius 1 is 1.22 bits per heavy atom. The molecule has 0 radical (unpaired) electrons. The predicted molar refractivity (Wildman–Crippen MR) is 116 cm³/mol. The van der Waals surface area contributed by atoms with E-state index in [2.05, 4.69) is 46.0 Å². The van der Waals surface area contributed by atoms with Gasteiger partial charge in [0.2, 0.25) is 0 Å². The van der Waals surface area contributed by atoms with Gasteiger partial charge in [-0.3, -0.25) is 9.48 Å². The molecule has 142 valence electrons. The number of carbonyl (C=O) groups is 1. The summed E-state index contributed by atoms with van der Waals surface area (Å²) in [7, 11) is 0. The molecule has 0 aliphatic carbocycles. The summed E-state index contributed by atoms with van der Waals surface area (Å²) in [5.41, 5.74) is 5.61. The number of aromatic nitrogens is 3. The van der Waals surface area contributed by atoms with E-state index in [1.807, 2.05) is 31.0 Å². The van der Waals surface area contributed by atoms with Gasteiger partial charge in [-0.15, -0.1) is 23.5 Å². The molecule has 0 saturated heterocycles. The molecule has 0 spiro atoms. The van der Waals surface area contributed by atoms with Gasteiger partial charge >= 0.3 is 0 Å². The van der Waals surface area contributed by atoms with Gasteiger partial charge in [0.15, 0.2) is 0 Å². The quantitative estimate of drug-likeness (QED) is 0.570. The van der Waals surface area contributed by atoms with E-state index in [1.54, 1.807) is 11.8 Å². The van der Waals surface area contributed by atoms with Crippen molar-refractivity contribution in [3.8, 4) is 0 Å². The maximum absolute atomic E-state index is 12.9. The minimum atomic E-state index is -0.126. The third kappa shape index (κ3) is 4.23. The molecule has 0 aliphatic heterocycles. The van der Waals surface area contributed by atoms with Crippen LogP contribution in [-0.4, -0.2) is 32.6 Å². The van der Waals surface area contributed by atoms with Gasteiger partial charge in [0.25, 0.3) is 5.91 Å². The molecule has 5 nitrogen and oxygen atoms in total. The Labute approximate surface area is 172 Å². The Morgan fingerprint density at radius 2 is 2.00 bits per heavy atom. The zero-order valence-electron chi connectivity index (χ0n) is 16.0. The minimum absolute atomic E-state index is 0.126. The topological polar surface area (TPSA) is 59.8 Å². The molecule has 0 bridgehead atoms. The normalized spacial score (nSPS) is 11.0. The average molecular weight is 419 g/mol. The van der Waals surface area contributed by atoms with Crippen LogP contribution in [-0.2, 0) is 6.54 Å². The lowest BCUT2D eigenvalue weighted by Gasteiger charge is -2.08. The first-order valence-corrected chi connectivity index (χ1v) is 11.7. The van der Waals surface area contributed by atoms with Crippen LogP contribution in [0.2, 0.25) is 0 Å². The second-order valence-corrected chi connectivity index (χ2v) is 8.85. The van der Waals surface area contributed by atoms with E-state index in [9.17, 15) is 4.79 Å². The highest BCUT2D eigenvalue weighted by molar-refractivity contribution is 8.01. The lowest BCUT2D eigenvalue weighted by atomic mass is 10.1. The second-order valence-electron chi connectivity index (χ2n) is 6.21. The van der Waals surface area contributed by atoms with Gasteiger partial charge in [-0.1, -0.05) is 29.8 Å². The molecular weight excluding hydrogens is 396 g/mol. The van der Waals surface area contributed by atoms with Crippen LogP contribution in [0.5, 0.6) is 0 Å². The van der Waals surface area contributed by atoms with Gasteiger partial charge in [-0.25, -0.2) is 0 Å². The highest BCUT2D eigenvalue weighted by Gasteiger charge is 2.22. The number of benzene rings is 1. The number of carbonyl (C=O) groups excluding carboxylic acids is 1. The zero-order valence-corrected chi connectivity index (χ0v) is 18.4. The van der Waals surface area contributed by atoms with Crippen molar-refractivity contribution in [3.05, 3.63) is 52.3 Å². The fourth-order valence-corrected chi connectivity index (χ4v) is 5.20. The van der Waals surface area contributed by atoms with Gasteiger partial charge in [0.05, 0.1) is 33.4 Å². The van der Waals surface area contributed by atoms with Crippen molar-refractivity contribution in [2.75, 3.05) is 17.8 Å². The summed E-state index contributed by atoms with van der Waals surface area (Å²) in [6.07, 6.45) is 3.90. The fourth-order valence-electron chi connectivity index (χ4n) is 2.92. The van der Waals surface area contributed by atoms with Crippen LogP contribution in [0.1, 0.15) is 32.9 Å². The van der Waals surface area contributed by atoms with Crippen molar-refractivity contribution < 1.29 is 4.79 Å². The molecule has 0 unspecified atom stereocenters. The minimum Gasteiger partial charge on any atom is -0.319 e. The molecule has 0 fully saturated rings. The van der Waals surface area contributed by atoms with E-state index in [0.29, 0.717) is 12.1 Å². The first kappa shape index (κ1) is 20.0. The Balaban J connectivity index is 1.87. The molecule has 1 amide bonds. The van der Waals surface area contributed by atoms with E-state index in [-0.39, 0.29) is 5.91 Å². The number of rotatable bonds is 6. The fraction of sp³-hybridized carbons (Fsp3) is 0.316. The maximum Gasteiger partial charge on any atom is 0.260 e. The van der Waals surface area contributed by atoms with Gasteiger partial charge in [-0.05, 0) is 50.4 Å². The van der Waals surface area contributed by atoms with E-state index in [0.717, 1.165) is 26.3 Å². The summed E-state index contributed by atoms with van der Waals surface area (Å²) in [6, 6.07) is 8.38. The predicted octanol–water partition coefficient (Wildman–Crippen LogP) is 5.01. The molecule has 1 N–H and O–H groups in total. The molecule has 0 atom stereocenters. The molecule has 27 heavy (non-hydrogen) atoms. The summed E-state index contributed by atoms with van der Waals surface area (Å²) in [4.78, 5) is 12.9. The van der Waals surface area contributed by atoms with E-state index < -0.39 is 0 Å². The molecule has 0 saturated carbocycles. The second kappa shape index (κ2) is 8.50. The van der Waals surface area contributed by atoms with Gasteiger partial charge in [-0.2, -0.15) is 9.47 Å². The summed E-state index contributed by atoms with van der Waals surface area (Å²) in [5.74, 6) is -0.126. The molecule has 1 aromatic carbocycles. The Morgan fingerprint density at radius 3 is 2.67 bits per heavy atom. The van der Waals surface area contributed by atoms with Crippen LogP contribution < -0.4 is 5.32 Å². The van der Waals surface area contributed by atoms with Gasteiger partial charge < -0.3 is 5.32 Å². The number of nitrogens with zero attached hydrogens (tertiary/aromatic N) is 3. The number of amides is 1. The number of thioether (sulfide) groups is 2. The van der Waals surface area contributed by atoms with Crippen LogP contribution in [0.3, 0.4) is 0 Å². The van der Waals surface area contributed by atoms with Crippen LogP contribution >= 0.6 is 35.1 Å². The van der Waals surface area contributed by atoms with Crippen molar-refractivity contribution in [3.63, 3.8) is 0 Å². The Hall–Kier alpha value is -1.77. The van der Waals surface area contributed by atoms with Crippen LogP contribution in [0.25, 0.3) is 0 Å². The SMILES string of the molecule is CSc1nsc(SC)c1C(=O)Nc1c(C)nn(Cc2cccc(C)c2)c1C. The number of nitrogens with one attached hydrogen (secondary N) is 1. The van der Waals surface area contributed by atoms with Crippen molar-refractivity contribution in [2.45, 2.75) is 36.6 Å². The number of aryl methyl sites for hydroxylation is 2. The van der Waals surface area contributed by atoms with Crippen molar-refractivity contribution in [1.29, 1.82) is 0 Å². The summed E-state index contributed by atoms with van der Waals surface area (Å²) >= 11 is 4.41.